The maximum atomic E-state index is 13.7. The van der Waals surface area contributed by atoms with Gasteiger partial charge < -0.3 is 5.43 Å². The number of sulfonamides is 1. The normalized spacial score (nSPS) is 14.5. The minimum atomic E-state index is -3.84. The molecule has 0 spiro atoms. The second-order valence-electron chi connectivity index (χ2n) is 9.06. The molecule has 0 saturated carbocycles. The monoisotopic (exact) mass is 493 g/mol. The second-order valence-corrected chi connectivity index (χ2v) is 10.7. The molecule has 0 aliphatic carbocycles. The first-order valence-corrected chi connectivity index (χ1v) is 13.6. The summed E-state index contributed by atoms with van der Waals surface area (Å²) in [5.41, 5.74) is 4.81. The zero-order chi connectivity index (χ0) is 25.8. The van der Waals surface area contributed by atoms with Crippen LogP contribution in [-0.4, -0.2) is 26.7 Å². The molecule has 2 N–H and O–H groups in total. The number of rotatable bonds is 13. The van der Waals surface area contributed by atoms with E-state index in [1.54, 1.807) is 18.2 Å². The highest BCUT2D eigenvalue weighted by molar-refractivity contribution is 7.89. The predicted molar refractivity (Wildman–Crippen MR) is 150 cm³/mol. The summed E-state index contributed by atoms with van der Waals surface area (Å²) in [6.45, 7) is 14.6. The number of benzene rings is 2. The van der Waals surface area contributed by atoms with Crippen molar-refractivity contribution in [3.05, 3.63) is 91.1 Å². The quantitative estimate of drug-likeness (QED) is 0.112. The first kappa shape index (κ1) is 28.3. The van der Waals surface area contributed by atoms with Crippen molar-refractivity contribution >= 4 is 26.5 Å². The number of nitrogens with one attached hydrogen (secondary N) is 2. The SMILES string of the molecule is C=C/C=C(\C=C/C)CC(NS(=O)(=O)c1cccc2ccccc12)/C(=N/NC/C=C/C(C)C)C(C)C. The lowest BCUT2D eigenvalue weighted by Crippen LogP contribution is -2.43. The summed E-state index contributed by atoms with van der Waals surface area (Å²) in [6.07, 6.45) is 12.1. The van der Waals surface area contributed by atoms with Crippen LogP contribution in [0, 0.1) is 11.8 Å². The first-order valence-electron chi connectivity index (χ1n) is 12.1. The minimum absolute atomic E-state index is 0.0207. The summed E-state index contributed by atoms with van der Waals surface area (Å²) in [5, 5.41) is 6.22. The Hall–Kier alpha value is -2.96. The van der Waals surface area contributed by atoms with Crippen molar-refractivity contribution in [1.82, 2.24) is 10.1 Å². The zero-order valence-electron chi connectivity index (χ0n) is 21.5. The van der Waals surface area contributed by atoms with Crippen LogP contribution in [-0.2, 0) is 10.0 Å². The molecule has 0 aliphatic rings. The van der Waals surface area contributed by atoms with E-state index in [0.29, 0.717) is 24.3 Å². The highest BCUT2D eigenvalue weighted by Gasteiger charge is 2.27. The Morgan fingerprint density at radius 2 is 1.80 bits per heavy atom. The van der Waals surface area contributed by atoms with E-state index in [4.69, 9.17) is 0 Å². The smallest absolute Gasteiger partial charge is 0.241 e. The van der Waals surface area contributed by atoms with Crippen LogP contribution in [0.15, 0.2) is 101 Å². The highest BCUT2D eigenvalue weighted by atomic mass is 32.2. The van der Waals surface area contributed by atoms with Crippen LogP contribution in [0.1, 0.15) is 41.0 Å². The van der Waals surface area contributed by atoms with Crippen molar-refractivity contribution in [2.24, 2.45) is 16.9 Å². The maximum Gasteiger partial charge on any atom is 0.241 e. The van der Waals surface area contributed by atoms with Gasteiger partial charge in [-0.3, -0.25) is 0 Å². The Morgan fingerprint density at radius 3 is 2.46 bits per heavy atom. The summed E-state index contributed by atoms with van der Waals surface area (Å²) in [4.78, 5) is 0.261. The van der Waals surface area contributed by atoms with Gasteiger partial charge in [0.15, 0.2) is 0 Å². The largest absolute Gasteiger partial charge is 0.306 e. The molecule has 35 heavy (non-hydrogen) atoms. The van der Waals surface area contributed by atoms with Gasteiger partial charge in [0.05, 0.1) is 23.2 Å². The number of allylic oxidation sites excluding steroid dienone is 5. The lowest BCUT2D eigenvalue weighted by molar-refractivity contribution is 0.570. The molecule has 0 aliphatic heterocycles. The molecule has 0 saturated heterocycles. The van der Waals surface area contributed by atoms with E-state index < -0.39 is 16.1 Å². The van der Waals surface area contributed by atoms with Crippen LogP contribution < -0.4 is 10.1 Å². The van der Waals surface area contributed by atoms with Crippen molar-refractivity contribution in [1.29, 1.82) is 0 Å². The van der Waals surface area contributed by atoms with Crippen molar-refractivity contribution in [3.63, 3.8) is 0 Å². The van der Waals surface area contributed by atoms with E-state index >= 15 is 0 Å². The number of hydrogen-bond donors (Lipinski definition) is 2. The fourth-order valence-corrected chi connectivity index (χ4v) is 5.26. The van der Waals surface area contributed by atoms with Gasteiger partial charge in [-0.05, 0) is 42.2 Å². The Balaban J connectivity index is 2.49. The van der Waals surface area contributed by atoms with Crippen LogP contribution in [0.3, 0.4) is 0 Å². The molecule has 2 rings (SSSR count). The van der Waals surface area contributed by atoms with Gasteiger partial charge in [-0.1, -0.05) is 107 Å². The van der Waals surface area contributed by atoms with E-state index in [1.165, 1.54) is 0 Å². The number of hydrogen-bond acceptors (Lipinski definition) is 4. The van der Waals surface area contributed by atoms with Crippen molar-refractivity contribution in [3.8, 4) is 0 Å². The molecular weight excluding hydrogens is 454 g/mol. The standard InChI is InChI=1S/C29H39N3O2S/c1-7-13-24(14-8-2)21-27(29(23(5)6)31-30-20-12-15-22(3)4)32-35(33,34)28-19-11-17-25-16-9-10-18-26(25)28/h7-19,22-23,27,30,32H,1,20-21H2,2-6H3/b14-8-,15-12+,24-13+,31-29+. The Bertz CT molecular complexity index is 1200. The summed E-state index contributed by atoms with van der Waals surface area (Å²) >= 11 is 0. The highest BCUT2D eigenvalue weighted by Crippen LogP contribution is 2.24. The Kier molecular flexibility index (Phi) is 11.2. The molecule has 2 aromatic carbocycles. The lowest BCUT2D eigenvalue weighted by atomic mass is 9.95. The van der Waals surface area contributed by atoms with E-state index in [2.05, 4.69) is 41.8 Å². The molecule has 1 unspecified atom stereocenters. The van der Waals surface area contributed by atoms with Gasteiger partial charge in [0.1, 0.15) is 0 Å². The van der Waals surface area contributed by atoms with Gasteiger partial charge in [0.2, 0.25) is 10.0 Å². The molecule has 1 atom stereocenters. The average molecular weight is 494 g/mol. The summed E-state index contributed by atoms with van der Waals surface area (Å²) in [7, 11) is -3.84. The molecule has 0 aromatic heterocycles. The summed E-state index contributed by atoms with van der Waals surface area (Å²) in [6, 6.07) is 12.3. The van der Waals surface area contributed by atoms with Crippen molar-refractivity contribution < 1.29 is 8.42 Å². The van der Waals surface area contributed by atoms with Crippen LogP contribution >= 0.6 is 0 Å². The molecule has 0 amide bonds. The van der Waals surface area contributed by atoms with Gasteiger partial charge in [-0.15, -0.1) is 0 Å². The van der Waals surface area contributed by atoms with E-state index in [1.807, 2.05) is 75.4 Å². The van der Waals surface area contributed by atoms with Crippen LogP contribution in [0.2, 0.25) is 0 Å². The van der Waals surface area contributed by atoms with Gasteiger partial charge in [-0.25, -0.2) is 13.1 Å². The average Bonchev–Trinajstić information content (AvgIpc) is 2.80. The Morgan fingerprint density at radius 1 is 1.09 bits per heavy atom. The molecular formula is C29H39N3O2S. The van der Waals surface area contributed by atoms with Crippen LogP contribution in [0.4, 0.5) is 0 Å². The third-order valence-corrected chi connectivity index (χ3v) is 6.91. The third kappa shape index (κ3) is 8.64. The summed E-state index contributed by atoms with van der Waals surface area (Å²) < 4.78 is 30.3. The van der Waals surface area contributed by atoms with E-state index in [0.717, 1.165) is 16.7 Å². The van der Waals surface area contributed by atoms with E-state index in [-0.39, 0.29) is 10.8 Å². The van der Waals surface area contributed by atoms with Gasteiger partial charge >= 0.3 is 0 Å². The fourth-order valence-electron chi connectivity index (χ4n) is 3.82. The first-order chi connectivity index (χ1) is 16.7. The number of hydrazone groups is 1. The van der Waals surface area contributed by atoms with Crippen LogP contribution in [0.25, 0.3) is 10.8 Å². The third-order valence-electron chi connectivity index (χ3n) is 5.38. The zero-order valence-corrected chi connectivity index (χ0v) is 22.3. The van der Waals surface area contributed by atoms with Crippen LogP contribution in [0.5, 0.6) is 0 Å². The number of fused-ring (bicyclic) bond motifs is 1. The lowest BCUT2D eigenvalue weighted by Gasteiger charge is -2.24. The maximum absolute atomic E-state index is 13.7. The minimum Gasteiger partial charge on any atom is -0.306 e. The van der Waals surface area contributed by atoms with Crippen molar-refractivity contribution in [2.75, 3.05) is 6.54 Å². The van der Waals surface area contributed by atoms with Gasteiger partial charge in [0, 0.05) is 5.39 Å². The molecule has 5 nitrogen and oxygen atoms in total. The molecule has 188 valence electrons. The van der Waals surface area contributed by atoms with Gasteiger partial charge in [-0.2, -0.15) is 5.10 Å². The number of nitrogens with zero attached hydrogens (tertiary/aromatic N) is 1. The molecule has 0 radical (unpaired) electrons. The van der Waals surface area contributed by atoms with Crippen molar-refractivity contribution in [2.45, 2.75) is 52.0 Å². The molecule has 0 fully saturated rings. The topological polar surface area (TPSA) is 70.6 Å². The molecule has 2 aromatic rings. The molecule has 6 heteroatoms. The second kappa shape index (κ2) is 13.8. The molecule has 0 bridgehead atoms. The Labute approximate surface area is 211 Å². The van der Waals surface area contributed by atoms with E-state index in [9.17, 15) is 8.42 Å². The predicted octanol–water partition coefficient (Wildman–Crippen LogP) is 6.38. The molecule has 0 heterocycles. The van der Waals surface area contributed by atoms with Gasteiger partial charge in [0.25, 0.3) is 0 Å². The summed E-state index contributed by atoms with van der Waals surface area (Å²) in [5.74, 6) is 0.477. The fraction of sp³-hybridized carbons (Fsp3) is 0.345.